The fraction of sp³-hybridized carbons (Fsp3) is 0.0667. The van der Waals surface area contributed by atoms with Gasteiger partial charge in [-0.2, -0.15) is 10.2 Å². The number of pyridine rings is 1. The summed E-state index contributed by atoms with van der Waals surface area (Å²) in [6.45, 7) is 0. The van der Waals surface area contributed by atoms with Gasteiger partial charge in [0.2, 0.25) is 5.82 Å². The van der Waals surface area contributed by atoms with Crippen molar-refractivity contribution in [2.75, 3.05) is 7.11 Å². The molecule has 3 aromatic rings. The van der Waals surface area contributed by atoms with Crippen molar-refractivity contribution in [3.63, 3.8) is 0 Å². The number of nitriles is 1. The van der Waals surface area contributed by atoms with E-state index in [1.165, 1.54) is 0 Å². The molecule has 0 bridgehead atoms. The highest BCUT2D eigenvalue weighted by Crippen LogP contribution is 2.22. The summed E-state index contributed by atoms with van der Waals surface area (Å²) in [5.74, 6) is 1.39. The number of rotatable bonds is 3. The molecule has 0 aliphatic rings. The normalized spacial score (nSPS) is 10.1. The number of benzene rings is 1. The van der Waals surface area contributed by atoms with Crippen LogP contribution in [0.2, 0.25) is 0 Å². The van der Waals surface area contributed by atoms with Crippen molar-refractivity contribution in [1.29, 1.82) is 5.26 Å². The zero-order valence-corrected chi connectivity index (χ0v) is 11.1. The Morgan fingerprint density at radius 2 is 2.14 bits per heavy atom. The van der Waals surface area contributed by atoms with Crippen molar-refractivity contribution >= 4 is 0 Å². The van der Waals surface area contributed by atoms with Crippen molar-refractivity contribution in [3.05, 3.63) is 48.2 Å². The van der Waals surface area contributed by atoms with Gasteiger partial charge in [0.25, 0.3) is 5.89 Å². The van der Waals surface area contributed by atoms with Crippen LogP contribution in [-0.2, 0) is 0 Å². The number of nitrogens with zero attached hydrogens (tertiary/aromatic N) is 4. The molecule has 0 saturated heterocycles. The van der Waals surface area contributed by atoms with Gasteiger partial charge >= 0.3 is 0 Å². The minimum absolute atomic E-state index is 0.347. The Labute approximate surface area is 120 Å². The number of hydrogen-bond acceptors (Lipinski definition) is 6. The largest absolute Gasteiger partial charge is 0.495 e. The molecule has 0 fully saturated rings. The summed E-state index contributed by atoms with van der Waals surface area (Å²) < 4.78 is 10.3. The second-order valence-electron chi connectivity index (χ2n) is 4.20. The van der Waals surface area contributed by atoms with Gasteiger partial charge in [-0.15, -0.1) is 0 Å². The lowest BCUT2D eigenvalue weighted by Gasteiger charge is -1.98. The Kier molecular flexibility index (Phi) is 3.31. The van der Waals surface area contributed by atoms with Gasteiger partial charge in [0, 0.05) is 5.56 Å². The van der Waals surface area contributed by atoms with Crippen LogP contribution in [0.5, 0.6) is 5.75 Å². The Morgan fingerprint density at radius 3 is 2.86 bits per heavy atom. The molecule has 102 valence electrons. The van der Waals surface area contributed by atoms with Crippen LogP contribution in [0.3, 0.4) is 0 Å². The highest BCUT2D eigenvalue weighted by Gasteiger charge is 2.12. The fourth-order valence-corrected chi connectivity index (χ4v) is 1.80. The van der Waals surface area contributed by atoms with E-state index in [0.717, 1.165) is 0 Å². The van der Waals surface area contributed by atoms with Gasteiger partial charge in [0.05, 0.1) is 24.9 Å². The van der Waals surface area contributed by atoms with Gasteiger partial charge in [-0.25, -0.2) is 4.98 Å². The van der Waals surface area contributed by atoms with E-state index in [1.807, 2.05) is 0 Å². The van der Waals surface area contributed by atoms with E-state index in [2.05, 4.69) is 21.2 Å². The molecule has 0 unspecified atom stereocenters. The lowest BCUT2D eigenvalue weighted by molar-refractivity contribution is 0.413. The molecule has 2 heterocycles. The molecule has 6 heteroatoms. The van der Waals surface area contributed by atoms with E-state index in [9.17, 15) is 0 Å². The molecule has 21 heavy (non-hydrogen) atoms. The number of hydrogen-bond donors (Lipinski definition) is 0. The summed E-state index contributed by atoms with van der Waals surface area (Å²) >= 11 is 0. The van der Waals surface area contributed by atoms with Crippen LogP contribution in [0, 0.1) is 11.3 Å². The lowest BCUT2D eigenvalue weighted by atomic mass is 10.1. The Hall–Kier alpha value is -3.20. The average molecular weight is 278 g/mol. The van der Waals surface area contributed by atoms with Gasteiger partial charge in [-0.1, -0.05) is 11.2 Å². The highest BCUT2D eigenvalue weighted by molar-refractivity contribution is 5.59. The maximum atomic E-state index is 8.90. The lowest BCUT2D eigenvalue weighted by Crippen LogP contribution is -1.88. The molecule has 0 aliphatic heterocycles. The van der Waals surface area contributed by atoms with Gasteiger partial charge in [0.1, 0.15) is 11.4 Å². The average Bonchev–Trinajstić information content (AvgIpc) is 3.05. The molecule has 2 aromatic heterocycles. The van der Waals surface area contributed by atoms with Crippen LogP contribution >= 0.6 is 0 Å². The standard InChI is InChI=1S/C15H10N4O2/c1-20-12-5-6-13(17-9-12)14-18-15(21-19-14)11-4-2-3-10(7-11)8-16/h2-7,9H,1H3. The number of aromatic nitrogens is 3. The third-order valence-corrected chi connectivity index (χ3v) is 2.87. The molecule has 3 rings (SSSR count). The summed E-state index contributed by atoms with van der Waals surface area (Å²) in [5, 5.41) is 12.8. The third kappa shape index (κ3) is 2.58. The smallest absolute Gasteiger partial charge is 0.258 e. The molecule has 6 nitrogen and oxygen atoms in total. The van der Waals surface area contributed by atoms with E-state index in [0.29, 0.717) is 34.3 Å². The van der Waals surface area contributed by atoms with Crippen LogP contribution in [0.25, 0.3) is 23.0 Å². The Balaban J connectivity index is 1.93. The van der Waals surface area contributed by atoms with Crippen LogP contribution < -0.4 is 4.74 Å². The molecule has 0 amide bonds. The monoisotopic (exact) mass is 278 g/mol. The van der Waals surface area contributed by atoms with E-state index in [-0.39, 0.29) is 0 Å². The van der Waals surface area contributed by atoms with Gasteiger partial charge in [0.15, 0.2) is 0 Å². The topological polar surface area (TPSA) is 84.8 Å². The van der Waals surface area contributed by atoms with Crippen LogP contribution in [0.1, 0.15) is 5.56 Å². The van der Waals surface area contributed by atoms with E-state index >= 15 is 0 Å². The maximum Gasteiger partial charge on any atom is 0.258 e. The first-order chi connectivity index (χ1) is 10.3. The quantitative estimate of drug-likeness (QED) is 0.732. The summed E-state index contributed by atoms with van der Waals surface area (Å²) in [6, 6.07) is 12.6. The molecule has 0 atom stereocenters. The zero-order valence-electron chi connectivity index (χ0n) is 11.1. The van der Waals surface area contributed by atoms with E-state index in [1.54, 1.807) is 49.7 Å². The zero-order chi connectivity index (χ0) is 14.7. The number of ether oxygens (including phenoxy) is 1. The van der Waals surface area contributed by atoms with Gasteiger partial charge in [-0.3, -0.25) is 0 Å². The SMILES string of the molecule is COc1ccc(-c2noc(-c3cccc(C#N)c3)n2)nc1. The van der Waals surface area contributed by atoms with E-state index < -0.39 is 0 Å². The van der Waals surface area contributed by atoms with E-state index in [4.69, 9.17) is 14.5 Å². The molecule has 0 spiro atoms. The van der Waals surface area contributed by atoms with Crippen molar-refractivity contribution in [2.45, 2.75) is 0 Å². The van der Waals surface area contributed by atoms with Crippen molar-refractivity contribution in [2.24, 2.45) is 0 Å². The third-order valence-electron chi connectivity index (χ3n) is 2.87. The van der Waals surface area contributed by atoms with Crippen molar-refractivity contribution in [3.8, 4) is 34.8 Å². The maximum absolute atomic E-state index is 8.90. The first-order valence-electron chi connectivity index (χ1n) is 6.15. The van der Waals surface area contributed by atoms with Crippen LogP contribution in [0.4, 0.5) is 0 Å². The minimum Gasteiger partial charge on any atom is -0.495 e. The molecular weight excluding hydrogens is 268 g/mol. The molecule has 0 N–H and O–H groups in total. The summed E-state index contributed by atoms with van der Waals surface area (Å²) in [6.07, 6.45) is 1.58. The molecule has 0 aliphatic carbocycles. The molecular formula is C15H10N4O2. The minimum atomic E-state index is 0.347. The molecule has 0 saturated carbocycles. The second-order valence-corrected chi connectivity index (χ2v) is 4.20. The van der Waals surface area contributed by atoms with Gasteiger partial charge < -0.3 is 9.26 Å². The van der Waals surface area contributed by atoms with Crippen LogP contribution in [-0.4, -0.2) is 22.2 Å². The van der Waals surface area contributed by atoms with Crippen molar-refractivity contribution < 1.29 is 9.26 Å². The van der Waals surface area contributed by atoms with Crippen LogP contribution in [0.15, 0.2) is 47.1 Å². The first kappa shape index (κ1) is 12.8. The first-order valence-corrected chi connectivity index (χ1v) is 6.15. The second kappa shape index (κ2) is 5.43. The summed E-state index contributed by atoms with van der Waals surface area (Å²) in [7, 11) is 1.57. The Bertz CT molecular complexity index is 803. The fourth-order valence-electron chi connectivity index (χ4n) is 1.80. The molecule has 1 aromatic carbocycles. The van der Waals surface area contributed by atoms with Gasteiger partial charge in [-0.05, 0) is 30.3 Å². The summed E-state index contributed by atoms with van der Waals surface area (Å²) in [4.78, 5) is 8.49. The predicted octanol–water partition coefficient (Wildman–Crippen LogP) is 2.68. The molecule has 0 radical (unpaired) electrons. The highest BCUT2D eigenvalue weighted by atomic mass is 16.5. The Morgan fingerprint density at radius 1 is 1.24 bits per heavy atom. The van der Waals surface area contributed by atoms with Crippen molar-refractivity contribution in [1.82, 2.24) is 15.1 Å². The predicted molar refractivity (Wildman–Crippen MR) is 74.2 cm³/mol. The summed E-state index contributed by atoms with van der Waals surface area (Å²) in [5.41, 5.74) is 1.82. The number of methoxy groups -OCH3 is 1.